The van der Waals surface area contributed by atoms with E-state index in [-0.39, 0.29) is 5.54 Å². The first-order chi connectivity index (χ1) is 11.2. The summed E-state index contributed by atoms with van der Waals surface area (Å²) >= 11 is 0. The number of Topliss-reactive ketones (excluding diaryl/α,β-unsaturated/α-hetero) is 1. The number of ether oxygens (including phenoxy) is 1. The summed E-state index contributed by atoms with van der Waals surface area (Å²) in [6.07, 6.45) is 3.00. The van der Waals surface area contributed by atoms with Gasteiger partial charge in [-0.3, -0.25) is 4.79 Å². The van der Waals surface area contributed by atoms with E-state index in [9.17, 15) is 4.79 Å². The van der Waals surface area contributed by atoms with Gasteiger partial charge in [-0.1, -0.05) is 42.5 Å². The first kappa shape index (κ1) is 15.8. The highest BCUT2D eigenvalue weighted by Crippen LogP contribution is 2.36. The lowest BCUT2D eigenvalue weighted by Crippen LogP contribution is -2.43. The number of benzene rings is 2. The fourth-order valence-corrected chi connectivity index (χ4v) is 3.26. The maximum absolute atomic E-state index is 11.6. The van der Waals surface area contributed by atoms with Gasteiger partial charge in [-0.05, 0) is 43.1 Å². The molecule has 0 aromatic heterocycles. The Balaban J connectivity index is 1.75. The van der Waals surface area contributed by atoms with Crippen molar-refractivity contribution >= 4 is 5.78 Å². The molecule has 3 heteroatoms. The molecular weight excluding hydrogens is 286 g/mol. The summed E-state index contributed by atoms with van der Waals surface area (Å²) < 4.78 is 5.94. The van der Waals surface area contributed by atoms with E-state index < -0.39 is 0 Å². The van der Waals surface area contributed by atoms with Gasteiger partial charge < -0.3 is 10.1 Å². The van der Waals surface area contributed by atoms with Gasteiger partial charge in [0.05, 0.1) is 0 Å². The van der Waals surface area contributed by atoms with E-state index >= 15 is 0 Å². The topological polar surface area (TPSA) is 38.3 Å². The van der Waals surface area contributed by atoms with Crippen LogP contribution in [0.2, 0.25) is 0 Å². The van der Waals surface area contributed by atoms with E-state index in [1.165, 1.54) is 5.56 Å². The van der Waals surface area contributed by atoms with E-state index in [1.807, 2.05) is 37.4 Å². The van der Waals surface area contributed by atoms with Crippen molar-refractivity contribution in [3.05, 3.63) is 65.7 Å². The Labute approximate surface area is 137 Å². The van der Waals surface area contributed by atoms with Crippen LogP contribution in [0.3, 0.4) is 0 Å². The fourth-order valence-electron chi connectivity index (χ4n) is 3.26. The zero-order chi connectivity index (χ0) is 16.1. The maximum atomic E-state index is 11.6. The molecule has 0 amide bonds. The molecular formula is C20H23NO2. The van der Waals surface area contributed by atoms with Crippen LogP contribution in [-0.4, -0.2) is 12.8 Å². The van der Waals surface area contributed by atoms with Gasteiger partial charge in [-0.25, -0.2) is 0 Å². The van der Waals surface area contributed by atoms with Gasteiger partial charge in [0.15, 0.2) is 0 Å². The van der Waals surface area contributed by atoms with Crippen molar-refractivity contribution in [2.45, 2.75) is 37.8 Å². The third kappa shape index (κ3) is 3.62. The quantitative estimate of drug-likeness (QED) is 0.912. The monoisotopic (exact) mass is 309 g/mol. The van der Waals surface area contributed by atoms with E-state index in [4.69, 9.17) is 4.74 Å². The summed E-state index contributed by atoms with van der Waals surface area (Å²) in [5.41, 5.74) is 2.25. The van der Waals surface area contributed by atoms with Crippen molar-refractivity contribution in [3.8, 4) is 5.75 Å². The van der Waals surface area contributed by atoms with Gasteiger partial charge in [-0.15, -0.1) is 0 Å². The molecule has 2 aromatic carbocycles. The first-order valence-corrected chi connectivity index (χ1v) is 8.20. The summed E-state index contributed by atoms with van der Waals surface area (Å²) in [6, 6.07) is 18.4. The van der Waals surface area contributed by atoms with Gasteiger partial charge in [0.1, 0.15) is 18.1 Å². The second-order valence-corrected chi connectivity index (χ2v) is 6.17. The molecule has 1 aliphatic rings. The second-order valence-electron chi connectivity index (χ2n) is 6.17. The van der Waals surface area contributed by atoms with Crippen molar-refractivity contribution in [3.63, 3.8) is 0 Å². The zero-order valence-corrected chi connectivity index (χ0v) is 13.5. The van der Waals surface area contributed by atoms with Crippen LogP contribution in [0.25, 0.3) is 0 Å². The summed E-state index contributed by atoms with van der Waals surface area (Å²) in [5, 5.41) is 3.45. The molecule has 0 bridgehead atoms. The Kier molecular flexibility index (Phi) is 4.77. The van der Waals surface area contributed by atoms with Crippen LogP contribution < -0.4 is 10.1 Å². The highest BCUT2D eigenvalue weighted by atomic mass is 16.5. The van der Waals surface area contributed by atoms with Gasteiger partial charge in [-0.2, -0.15) is 0 Å². The Morgan fingerprint density at radius 1 is 1.04 bits per heavy atom. The highest BCUT2D eigenvalue weighted by molar-refractivity contribution is 5.79. The zero-order valence-electron chi connectivity index (χ0n) is 13.5. The summed E-state index contributed by atoms with van der Waals surface area (Å²) in [5.74, 6) is 1.24. The number of hydrogen-bond acceptors (Lipinski definition) is 3. The average Bonchev–Trinajstić information content (AvgIpc) is 2.62. The predicted octanol–water partition coefficient (Wildman–Crippen LogP) is 3.82. The fraction of sp³-hybridized carbons (Fsp3) is 0.350. The van der Waals surface area contributed by atoms with Crippen LogP contribution in [0, 0.1) is 0 Å². The molecule has 1 N–H and O–H groups in total. The molecule has 0 atom stereocenters. The number of ketones is 1. The molecule has 3 rings (SSSR count). The summed E-state index contributed by atoms with van der Waals surface area (Å²) in [4.78, 5) is 11.6. The summed E-state index contributed by atoms with van der Waals surface area (Å²) in [7, 11) is 1.98. The SMILES string of the molecule is CNC1(c2cccc(OCc3ccccc3)c2)CCC(=O)CC1. The number of carbonyl (C=O) groups excluding carboxylic acids is 1. The molecule has 0 saturated heterocycles. The van der Waals surface area contributed by atoms with Crippen molar-refractivity contribution in [2.24, 2.45) is 0 Å². The largest absolute Gasteiger partial charge is 0.489 e. The Hall–Kier alpha value is -2.13. The molecule has 3 nitrogen and oxygen atoms in total. The predicted molar refractivity (Wildman–Crippen MR) is 91.4 cm³/mol. The van der Waals surface area contributed by atoms with Crippen LogP contribution in [0.15, 0.2) is 54.6 Å². The van der Waals surface area contributed by atoms with E-state index in [0.29, 0.717) is 25.2 Å². The molecule has 2 aromatic rings. The van der Waals surface area contributed by atoms with E-state index in [1.54, 1.807) is 0 Å². The third-order valence-corrected chi connectivity index (χ3v) is 4.77. The van der Waals surface area contributed by atoms with Gasteiger partial charge in [0, 0.05) is 18.4 Å². The molecule has 0 unspecified atom stereocenters. The van der Waals surface area contributed by atoms with Gasteiger partial charge in [0.25, 0.3) is 0 Å². The molecule has 1 fully saturated rings. The minimum atomic E-state index is -0.111. The minimum absolute atomic E-state index is 0.111. The van der Waals surface area contributed by atoms with Crippen LogP contribution in [0.5, 0.6) is 5.75 Å². The van der Waals surface area contributed by atoms with E-state index in [2.05, 4.69) is 29.6 Å². The third-order valence-electron chi connectivity index (χ3n) is 4.77. The minimum Gasteiger partial charge on any atom is -0.489 e. The molecule has 0 aliphatic heterocycles. The lowest BCUT2D eigenvalue weighted by Gasteiger charge is -2.37. The number of hydrogen-bond donors (Lipinski definition) is 1. The second kappa shape index (κ2) is 6.97. The van der Waals surface area contributed by atoms with E-state index in [0.717, 1.165) is 24.2 Å². The number of carbonyl (C=O) groups is 1. The first-order valence-electron chi connectivity index (χ1n) is 8.20. The van der Waals surface area contributed by atoms with Gasteiger partial charge in [0.2, 0.25) is 0 Å². The molecule has 0 spiro atoms. The number of rotatable bonds is 5. The Morgan fingerprint density at radius 2 is 1.78 bits per heavy atom. The molecule has 23 heavy (non-hydrogen) atoms. The lowest BCUT2D eigenvalue weighted by molar-refractivity contribution is -0.121. The molecule has 0 radical (unpaired) electrons. The smallest absolute Gasteiger partial charge is 0.133 e. The van der Waals surface area contributed by atoms with Crippen molar-refractivity contribution in [1.29, 1.82) is 0 Å². The van der Waals surface area contributed by atoms with Crippen LogP contribution in [0.4, 0.5) is 0 Å². The number of nitrogens with one attached hydrogen (secondary N) is 1. The van der Waals surface area contributed by atoms with Crippen LogP contribution in [-0.2, 0) is 16.9 Å². The van der Waals surface area contributed by atoms with Gasteiger partial charge >= 0.3 is 0 Å². The van der Waals surface area contributed by atoms with Crippen molar-refractivity contribution in [2.75, 3.05) is 7.05 Å². The lowest BCUT2D eigenvalue weighted by atomic mass is 9.76. The highest BCUT2D eigenvalue weighted by Gasteiger charge is 2.34. The summed E-state index contributed by atoms with van der Waals surface area (Å²) in [6.45, 7) is 0.565. The average molecular weight is 309 g/mol. The normalized spacial score (nSPS) is 17.0. The van der Waals surface area contributed by atoms with Crippen LogP contribution in [0.1, 0.15) is 36.8 Å². The molecule has 120 valence electrons. The van der Waals surface area contributed by atoms with Crippen LogP contribution >= 0.6 is 0 Å². The van der Waals surface area contributed by atoms with Crippen molar-refractivity contribution < 1.29 is 9.53 Å². The molecule has 1 saturated carbocycles. The van der Waals surface area contributed by atoms with Crippen molar-refractivity contribution in [1.82, 2.24) is 5.32 Å². The standard InChI is InChI=1S/C20H23NO2/c1-21-20(12-10-18(22)11-13-20)17-8-5-9-19(14-17)23-15-16-6-3-2-4-7-16/h2-9,14,21H,10-13,15H2,1H3. The molecule has 0 heterocycles. The maximum Gasteiger partial charge on any atom is 0.133 e. The Morgan fingerprint density at radius 3 is 2.48 bits per heavy atom. The Bertz CT molecular complexity index is 656. The molecule has 1 aliphatic carbocycles.